The van der Waals surface area contributed by atoms with E-state index >= 15 is 0 Å². The molecule has 2 atom stereocenters. The molecule has 0 radical (unpaired) electrons. The fourth-order valence-electron chi connectivity index (χ4n) is 3.47. The van der Waals surface area contributed by atoms with Gasteiger partial charge >= 0.3 is 5.97 Å². The maximum absolute atomic E-state index is 12.1. The van der Waals surface area contributed by atoms with Gasteiger partial charge in [-0.15, -0.1) is 0 Å². The number of carboxylic acids is 1. The molecule has 0 aromatic rings. The number of aliphatic carboxylic acids is 1. The Balaban J connectivity index is 1.77. The molecule has 0 unspecified atom stereocenters. The SMILES string of the molecule is CC1(CNC(=O)[C@@H]2CC[C@H](C(=O)O)C2)CCCCC1. The first kappa shape index (κ1) is 14.4. The number of amides is 1. The predicted octanol–water partition coefficient (Wildman–Crippen LogP) is 2.57. The summed E-state index contributed by atoms with van der Waals surface area (Å²) in [4.78, 5) is 23.0. The lowest BCUT2D eigenvalue weighted by atomic mass is 9.75. The number of carbonyl (C=O) groups excluding carboxylic acids is 1. The van der Waals surface area contributed by atoms with Crippen LogP contribution in [0.4, 0.5) is 0 Å². The summed E-state index contributed by atoms with van der Waals surface area (Å²) in [6.07, 6.45) is 8.09. The minimum absolute atomic E-state index is 0.0653. The summed E-state index contributed by atoms with van der Waals surface area (Å²) in [5.74, 6) is -1.10. The van der Waals surface area contributed by atoms with Crippen molar-refractivity contribution in [3.05, 3.63) is 0 Å². The van der Waals surface area contributed by atoms with Crippen LogP contribution in [0, 0.1) is 17.3 Å². The highest BCUT2D eigenvalue weighted by Crippen LogP contribution is 2.35. The van der Waals surface area contributed by atoms with Gasteiger partial charge in [0.1, 0.15) is 0 Å². The van der Waals surface area contributed by atoms with Crippen molar-refractivity contribution in [2.24, 2.45) is 17.3 Å². The molecule has 2 aliphatic carbocycles. The van der Waals surface area contributed by atoms with Gasteiger partial charge in [-0.05, 0) is 37.5 Å². The summed E-state index contributed by atoms with van der Waals surface area (Å²) in [5, 5.41) is 12.0. The second kappa shape index (κ2) is 5.93. The highest BCUT2D eigenvalue weighted by Gasteiger charge is 2.35. The number of rotatable bonds is 4. The Labute approximate surface area is 115 Å². The molecule has 2 fully saturated rings. The van der Waals surface area contributed by atoms with Crippen molar-refractivity contribution in [2.45, 2.75) is 58.3 Å². The van der Waals surface area contributed by atoms with Gasteiger partial charge in [0.25, 0.3) is 0 Å². The maximum Gasteiger partial charge on any atom is 0.306 e. The van der Waals surface area contributed by atoms with Crippen LogP contribution >= 0.6 is 0 Å². The van der Waals surface area contributed by atoms with Gasteiger partial charge in [-0.3, -0.25) is 9.59 Å². The molecule has 1 amide bonds. The average molecular weight is 267 g/mol. The van der Waals surface area contributed by atoms with Crippen molar-refractivity contribution in [1.29, 1.82) is 0 Å². The summed E-state index contributed by atoms with van der Waals surface area (Å²) < 4.78 is 0. The zero-order chi connectivity index (χ0) is 13.9. The molecule has 2 saturated carbocycles. The molecule has 0 aromatic carbocycles. The van der Waals surface area contributed by atoms with E-state index in [4.69, 9.17) is 5.11 Å². The Morgan fingerprint density at radius 3 is 2.37 bits per heavy atom. The van der Waals surface area contributed by atoms with Crippen molar-refractivity contribution >= 4 is 11.9 Å². The lowest BCUT2D eigenvalue weighted by molar-refractivity contribution is -0.141. The molecular formula is C15H25NO3. The molecule has 108 valence electrons. The van der Waals surface area contributed by atoms with Crippen molar-refractivity contribution in [1.82, 2.24) is 5.32 Å². The third-order valence-corrected chi connectivity index (χ3v) is 4.90. The second-order valence-electron chi connectivity index (χ2n) is 6.63. The van der Waals surface area contributed by atoms with Gasteiger partial charge in [0, 0.05) is 12.5 Å². The van der Waals surface area contributed by atoms with Gasteiger partial charge in [-0.25, -0.2) is 0 Å². The minimum atomic E-state index is -0.755. The molecule has 2 rings (SSSR count). The Morgan fingerprint density at radius 2 is 1.79 bits per heavy atom. The lowest BCUT2D eigenvalue weighted by Crippen LogP contribution is -2.39. The van der Waals surface area contributed by atoms with Gasteiger partial charge < -0.3 is 10.4 Å². The van der Waals surface area contributed by atoms with Crippen LogP contribution in [0.3, 0.4) is 0 Å². The van der Waals surface area contributed by atoms with Crippen LogP contribution in [-0.2, 0) is 9.59 Å². The minimum Gasteiger partial charge on any atom is -0.481 e. The molecule has 0 aliphatic heterocycles. The van der Waals surface area contributed by atoms with Crippen molar-refractivity contribution in [2.75, 3.05) is 6.54 Å². The number of hydrogen-bond donors (Lipinski definition) is 2. The summed E-state index contributed by atoms with van der Waals surface area (Å²) >= 11 is 0. The van der Waals surface area contributed by atoms with E-state index in [-0.39, 0.29) is 23.2 Å². The smallest absolute Gasteiger partial charge is 0.306 e. The molecule has 4 heteroatoms. The first-order chi connectivity index (χ1) is 9.00. The van der Waals surface area contributed by atoms with Gasteiger partial charge in [0.2, 0.25) is 5.91 Å². The van der Waals surface area contributed by atoms with E-state index in [2.05, 4.69) is 12.2 Å². The van der Waals surface area contributed by atoms with Gasteiger partial charge in [-0.1, -0.05) is 26.2 Å². The van der Waals surface area contributed by atoms with Crippen LogP contribution in [-0.4, -0.2) is 23.5 Å². The predicted molar refractivity (Wildman–Crippen MR) is 72.7 cm³/mol. The van der Waals surface area contributed by atoms with E-state index in [9.17, 15) is 9.59 Å². The maximum atomic E-state index is 12.1. The summed E-state index contributed by atoms with van der Waals surface area (Å²) in [6, 6.07) is 0. The average Bonchev–Trinajstić information content (AvgIpc) is 2.87. The van der Waals surface area contributed by atoms with Crippen molar-refractivity contribution in [3.63, 3.8) is 0 Å². The van der Waals surface area contributed by atoms with E-state index in [1.54, 1.807) is 0 Å². The molecule has 0 aromatic heterocycles. The highest BCUT2D eigenvalue weighted by molar-refractivity contribution is 5.80. The molecule has 2 aliphatic rings. The van der Waals surface area contributed by atoms with Crippen molar-refractivity contribution in [3.8, 4) is 0 Å². The van der Waals surface area contributed by atoms with Crippen LogP contribution in [0.25, 0.3) is 0 Å². The van der Waals surface area contributed by atoms with E-state index < -0.39 is 5.97 Å². The molecule has 4 nitrogen and oxygen atoms in total. The summed E-state index contributed by atoms with van der Waals surface area (Å²) in [6.45, 7) is 3.00. The topological polar surface area (TPSA) is 66.4 Å². The molecule has 0 saturated heterocycles. The molecule has 2 N–H and O–H groups in total. The van der Waals surface area contributed by atoms with Crippen LogP contribution in [0.2, 0.25) is 0 Å². The molecule has 0 spiro atoms. The lowest BCUT2D eigenvalue weighted by Gasteiger charge is -2.34. The fraction of sp³-hybridized carbons (Fsp3) is 0.867. The quantitative estimate of drug-likeness (QED) is 0.822. The molecule has 0 bridgehead atoms. The Bertz CT molecular complexity index is 347. The van der Waals surface area contributed by atoms with Crippen LogP contribution < -0.4 is 5.32 Å². The van der Waals surface area contributed by atoms with Gasteiger partial charge in [0.15, 0.2) is 0 Å². The molecular weight excluding hydrogens is 242 g/mol. The summed E-state index contributed by atoms with van der Waals surface area (Å²) in [5.41, 5.74) is 0.249. The molecule has 19 heavy (non-hydrogen) atoms. The van der Waals surface area contributed by atoms with E-state index in [0.29, 0.717) is 12.8 Å². The third-order valence-electron chi connectivity index (χ3n) is 4.90. The van der Waals surface area contributed by atoms with E-state index in [1.165, 1.54) is 32.1 Å². The Kier molecular flexibility index (Phi) is 4.48. The number of nitrogens with one attached hydrogen (secondary N) is 1. The Morgan fingerprint density at radius 1 is 1.16 bits per heavy atom. The number of carbonyl (C=O) groups is 2. The summed E-state index contributed by atoms with van der Waals surface area (Å²) in [7, 11) is 0. The monoisotopic (exact) mass is 267 g/mol. The normalized spacial score (nSPS) is 29.9. The Hall–Kier alpha value is -1.06. The standard InChI is InChI=1S/C15H25NO3/c1-15(7-3-2-4-8-15)10-16-13(17)11-5-6-12(9-11)14(18)19/h11-12H,2-10H2,1H3,(H,16,17)(H,18,19)/t11-,12+/m1/s1. The first-order valence-electron chi connectivity index (χ1n) is 7.51. The third kappa shape index (κ3) is 3.71. The van der Waals surface area contributed by atoms with Crippen molar-refractivity contribution < 1.29 is 14.7 Å². The van der Waals surface area contributed by atoms with Crippen LogP contribution in [0.5, 0.6) is 0 Å². The van der Waals surface area contributed by atoms with E-state index in [0.717, 1.165) is 13.0 Å². The number of carboxylic acid groups (broad SMARTS) is 1. The number of hydrogen-bond acceptors (Lipinski definition) is 2. The van der Waals surface area contributed by atoms with Crippen LogP contribution in [0.15, 0.2) is 0 Å². The second-order valence-corrected chi connectivity index (χ2v) is 6.63. The van der Waals surface area contributed by atoms with Crippen LogP contribution in [0.1, 0.15) is 58.3 Å². The zero-order valence-corrected chi connectivity index (χ0v) is 11.8. The van der Waals surface area contributed by atoms with E-state index in [1.807, 2.05) is 0 Å². The van der Waals surface area contributed by atoms with Gasteiger partial charge in [0.05, 0.1) is 5.92 Å². The first-order valence-corrected chi connectivity index (χ1v) is 7.51. The largest absolute Gasteiger partial charge is 0.481 e. The van der Waals surface area contributed by atoms with Gasteiger partial charge in [-0.2, -0.15) is 0 Å². The highest BCUT2D eigenvalue weighted by atomic mass is 16.4. The zero-order valence-electron chi connectivity index (χ0n) is 11.8. The fourth-order valence-corrected chi connectivity index (χ4v) is 3.47. The molecule has 0 heterocycles.